The van der Waals surface area contributed by atoms with Gasteiger partial charge in [-0.05, 0) is 6.92 Å². The van der Waals surface area contributed by atoms with Gasteiger partial charge in [0.25, 0.3) is 0 Å². The zero-order chi connectivity index (χ0) is 15.5. The zero-order valence-electron chi connectivity index (χ0n) is 11.4. The van der Waals surface area contributed by atoms with Crippen molar-refractivity contribution in [2.45, 2.75) is 37.5 Å². The molecule has 1 aliphatic rings. The van der Waals surface area contributed by atoms with E-state index in [-0.39, 0.29) is 30.0 Å². The molecule has 8 nitrogen and oxygen atoms in total. The molecule has 1 aliphatic carbocycles. The summed E-state index contributed by atoms with van der Waals surface area (Å²) >= 11 is 0. The molecule has 0 aromatic heterocycles. The van der Waals surface area contributed by atoms with Gasteiger partial charge in [-0.3, -0.25) is 4.99 Å². The molecule has 3 unspecified atom stereocenters. The predicted octanol–water partition coefficient (Wildman–Crippen LogP) is -1.40. The number of hydrogen-bond acceptors (Lipinski definition) is 7. The van der Waals surface area contributed by atoms with Gasteiger partial charge in [0.1, 0.15) is 0 Å². The lowest BCUT2D eigenvalue weighted by atomic mass is 9.85. The fourth-order valence-electron chi connectivity index (χ4n) is 2.08. The normalized spacial score (nSPS) is 28.4. The van der Waals surface area contributed by atoms with Crippen LogP contribution in [0.25, 0.3) is 0 Å². The number of carboxylic acids is 1. The summed E-state index contributed by atoms with van der Waals surface area (Å²) in [6.45, 7) is 0.750. The fraction of sp³-hybridized carbons (Fsp3) is 0.667. The molecule has 0 aliphatic heterocycles. The van der Waals surface area contributed by atoms with Crippen molar-refractivity contribution in [3.63, 3.8) is 0 Å². The topological polar surface area (TPSA) is 146 Å². The average Bonchev–Trinajstić information content (AvgIpc) is 2.34. The highest BCUT2D eigenvalue weighted by Gasteiger charge is 2.37. The molecule has 3 atom stereocenters. The zero-order valence-corrected chi connectivity index (χ0v) is 11.4. The molecule has 0 aromatic rings. The maximum Gasteiger partial charge on any atom is 0.331 e. The Labute approximate surface area is 116 Å². The number of aliphatic carboxylic acids is 1. The number of rotatable bonds is 5. The molecule has 0 saturated carbocycles. The molecule has 1 rings (SSSR count). The van der Waals surface area contributed by atoms with Gasteiger partial charge in [0.2, 0.25) is 0 Å². The highest BCUT2D eigenvalue weighted by atomic mass is 16.5. The smallest absolute Gasteiger partial charge is 0.331 e. The second kappa shape index (κ2) is 6.21. The van der Waals surface area contributed by atoms with E-state index in [0.29, 0.717) is 0 Å². The Bertz CT molecular complexity index is 445. The summed E-state index contributed by atoms with van der Waals surface area (Å²) in [5.41, 5.74) is 4.53. The molecular formula is C12H20N2O6. The molecule has 0 radical (unpaired) electrons. The van der Waals surface area contributed by atoms with E-state index in [0.717, 1.165) is 0 Å². The summed E-state index contributed by atoms with van der Waals surface area (Å²) in [6.07, 6.45) is -1.33. The highest BCUT2D eigenvalue weighted by Crippen LogP contribution is 2.29. The van der Waals surface area contributed by atoms with Crippen molar-refractivity contribution in [3.05, 3.63) is 11.5 Å². The second-order valence-electron chi connectivity index (χ2n) is 4.89. The molecule has 0 amide bonds. The van der Waals surface area contributed by atoms with Gasteiger partial charge in [0.05, 0.1) is 36.8 Å². The molecule has 0 fully saturated rings. The van der Waals surface area contributed by atoms with Crippen LogP contribution in [0.1, 0.15) is 19.8 Å². The number of carbonyl (C=O) groups is 1. The van der Waals surface area contributed by atoms with Crippen LogP contribution in [-0.4, -0.2) is 63.6 Å². The SMILES string of the molecule is COC1=C(N)CC(O)(CO)CC1=NC(C(=O)O)C(C)O. The number of aliphatic imine (C=N–C) groups is 1. The minimum Gasteiger partial charge on any atom is -0.493 e. The number of carboxylic acid groups (broad SMARTS) is 1. The van der Waals surface area contributed by atoms with Crippen molar-refractivity contribution >= 4 is 11.7 Å². The summed E-state index contributed by atoms with van der Waals surface area (Å²) in [5.74, 6) is -1.13. The van der Waals surface area contributed by atoms with Crippen LogP contribution in [0.15, 0.2) is 16.4 Å². The van der Waals surface area contributed by atoms with Crippen molar-refractivity contribution in [2.75, 3.05) is 13.7 Å². The molecule has 6 N–H and O–H groups in total. The van der Waals surface area contributed by atoms with Crippen LogP contribution in [0.2, 0.25) is 0 Å². The molecular weight excluding hydrogens is 268 g/mol. The van der Waals surface area contributed by atoms with E-state index in [2.05, 4.69) is 4.99 Å². The van der Waals surface area contributed by atoms with E-state index >= 15 is 0 Å². The second-order valence-corrected chi connectivity index (χ2v) is 4.89. The Hall–Kier alpha value is -1.64. The van der Waals surface area contributed by atoms with Gasteiger partial charge in [0.15, 0.2) is 11.8 Å². The molecule has 20 heavy (non-hydrogen) atoms. The summed E-state index contributed by atoms with van der Waals surface area (Å²) in [4.78, 5) is 15.0. The largest absolute Gasteiger partial charge is 0.493 e. The van der Waals surface area contributed by atoms with Crippen LogP contribution in [0.4, 0.5) is 0 Å². The maximum absolute atomic E-state index is 11.1. The number of aliphatic hydroxyl groups excluding tert-OH is 2. The highest BCUT2D eigenvalue weighted by molar-refractivity contribution is 6.01. The molecule has 8 heteroatoms. The number of allylic oxidation sites excluding steroid dienone is 1. The van der Waals surface area contributed by atoms with Gasteiger partial charge in [-0.15, -0.1) is 0 Å². The maximum atomic E-state index is 11.1. The van der Waals surface area contributed by atoms with E-state index in [1.165, 1.54) is 14.0 Å². The molecule has 0 bridgehead atoms. The number of nitrogens with zero attached hydrogens (tertiary/aromatic N) is 1. The van der Waals surface area contributed by atoms with Gasteiger partial charge in [0, 0.05) is 12.8 Å². The number of methoxy groups -OCH3 is 1. The number of ether oxygens (including phenoxy) is 1. The molecule has 0 heterocycles. The monoisotopic (exact) mass is 288 g/mol. The minimum atomic E-state index is -1.51. The first-order valence-electron chi connectivity index (χ1n) is 6.08. The van der Waals surface area contributed by atoms with Gasteiger partial charge in [-0.1, -0.05) is 0 Å². The summed E-state index contributed by atoms with van der Waals surface area (Å²) in [7, 11) is 1.35. The van der Waals surface area contributed by atoms with Gasteiger partial charge < -0.3 is 30.9 Å². The molecule has 0 aromatic carbocycles. The van der Waals surface area contributed by atoms with E-state index < -0.39 is 30.3 Å². The van der Waals surface area contributed by atoms with E-state index in [1.54, 1.807) is 0 Å². The minimum absolute atomic E-state index is 0.00188. The van der Waals surface area contributed by atoms with Gasteiger partial charge >= 0.3 is 5.97 Å². The molecule has 114 valence electrons. The first kappa shape index (κ1) is 16.4. The van der Waals surface area contributed by atoms with Gasteiger partial charge in [-0.2, -0.15) is 0 Å². The lowest BCUT2D eigenvalue weighted by molar-refractivity contribution is -0.140. The summed E-state index contributed by atoms with van der Waals surface area (Å²) in [6, 6.07) is -1.40. The fourth-order valence-corrected chi connectivity index (χ4v) is 2.08. The third-order valence-electron chi connectivity index (χ3n) is 3.07. The van der Waals surface area contributed by atoms with E-state index in [1.807, 2.05) is 0 Å². The summed E-state index contributed by atoms with van der Waals surface area (Å²) < 4.78 is 5.07. The Morgan fingerprint density at radius 1 is 1.55 bits per heavy atom. The predicted molar refractivity (Wildman–Crippen MR) is 70.0 cm³/mol. The first-order valence-corrected chi connectivity index (χ1v) is 6.08. The van der Waals surface area contributed by atoms with Crippen LogP contribution in [-0.2, 0) is 9.53 Å². The number of hydrogen-bond donors (Lipinski definition) is 5. The van der Waals surface area contributed by atoms with Crippen molar-refractivity contribution < 1.29 is 30.0 Å². The third-order valence-corrected chi connectivity index (χ3v) is 3.07. The Morgan fingerprint density at radius 2 is 2.15 bits per heavy atom. The first-order chi connectivity index (χ1) is 9.24. The van der Waals surface area contributed by atoms with Gasteiger partial charge in [-0.25, -0.2) is 4.79 Å². The summed E-state index contributed by atoms with van der Waals surface area (Å²) in [5, 5.41) is 37.8. The van der Waals surface area contributed by atoms with Crippen LogP contribution < -0.4 is 5.73 Å². The Balaban J connectivity index is 3.24. The molecule has 0 spiro atoms. The van der Waals surface area contributed by atoms with Crippen molar-refractivity contribution in [3.8, 4) is 0 Å². The number of nitrogens with two attached hydrogens (primary N) is 1. The molecule has 0 saturated heterocycles. The van der Waals surface area contributed by atoms with Crippen LogP contribution in [0, 0.1) is 0 Å². The van der Waals surface area contributed by atoms with Crippen molar-refractivity contribution in [2.24, 2.45) is 10.7 Å². The lowest BCUT2D eigenvalue weighted by Gasteiger charge is -2.32. The lowest BCUT2D eigenvalue weighted by Crippen LogP contribution is -2.43. The van der Waals surface area contributed by atoms with E-state index in [4.69, 9.17) is 15.6 Å². The average molecular weight is 288 g/mol. The van der Waals surface area contributed by atoms with Crippen molar-refractivity contribution in [1.82, 2.24) is 0 Å². The Kier molecular flexibility index (Phi) is 5.09. The van der Waals surface area contributed by atoms with Crippen LogP contribution in [0.5, 0.6) is 0 Å². The quantitative estimate of drug-likeness (QED) is 0.418. The van der Waals surface area contributed by atoms with Crippen LogP contribution >= 0.6 is 0 Å². The third kappa shape index (κ3) is 3.47. The van der Waals surface area contributed by atoms with Crippen LogP contribution in [0.3, 0.4) is 0 Å². The standard InChI is InChI=1S/C12H20N2O6/c1-6(16)9(11(17)18)14-8-4-12(19,5-15)3-7(13)10(8)20-2/h6,9,15-16,19H,3-5,13H2,1-2H3,(H,17,18). The van der Waals surface area contributed by atoms with E-state index in [9.17, 15) is 20.1 Å². The van der Waals surface area contributed by atoms with Crippen molar-refractivity contribution in [1.29, 1.82) is 0 Å². The number of aliphatic hydroxyl groups is 3. The Morgan fingerprint density at radius 3 is 2.55 bits per heavy atom.